The number of hydrogen-bond donors (Lipinski definition) is 9. The maximum Gasteiger partial charge on any atom is 0.482 e. The first-order valence-corrected chi connectivity index (χ1v) is 23.0. The minimum atomic E-state index is -1.08. The lowest BCUT2D eigenvalue weighted by Gasteiger charge is -2.33. The Morgan fingerprint density at radius 2 is 1.26 bits per heavy atom. The van der Waals surface area contributed by atoms with Gasteiger partial charge in [-0.25, -0.2) is 4.39 Å². The van der Waals surface area contributed by atoms with Gasteiger partial charge in [-0.3, -0.25) is 62.9 Å². The Hall–Kier alpha value is -6.00. The topological polar surface area (TPSA) is 349 Å². The van der Waals surface area contributed by atoms with E-state index in [1.165, 1.54) is 9.80 Å². The van der Waals surface area contributed by atoms with Gasteiger partial charge in [0.25, 0.3) is 5.91 Å². The average Bonchev–Trinajstić information content (AvgIpc) is 3.74. The number of carbonyl (C=O) groups is 8. The largest absolute Gasteiger partial charge is 0.482 e. The quantitative estimate of drug-likeness (QED) is 0.0207. The zero-order chi connectivity index (χ0) is 52.2. The van der Waals surface area contributed by atoms with E-state index in [1.54, 1.807) is 62.9 Å². The van der Waals surface area contributed by atoms with Crippen LogP contribution in [-0.2, 0) is 40.1 Å². The number of benzene rings is 1. The second-order valence-electron chi connectivity index (χ2n) is 17.0. The van der Waals surface area contributed by atoms with Gasteiger partial charge in [-0.2, -0.15) is 0 Å². The Morgan fingerprint density at radius 3 is 1.71 bits per heavy atom. The van der Waals surface area contributed by atoms with Gasteiger partial charge in [0.2, 0.25) is 23.6 Å². The molecule has 391 valence electrons. The summed E-state index contributed by atoms with van der Waals surface area (Å²) < 4.78 is 13.4. The number of likely N-dealkylation sites (N-methyl/N-ethyl adjacent to an activating group) is 1. The standard InChI is InChI=1S/C43H69FN12O11.BH2O2/c1-50(14-4-3-7-36(58)51(2)25-31-8-10-32(11-9-31)41(66)48-24-37(59)56-15-12-33(44)26-56)42(67)34(6-5-13-47-43(45)46)49-35(57)27-52-16-18-53(28-38(60)61)20-22-55(30-40(64)65)23-21-54(19-17-52)29-39(62)63;2-1-3/h8-11,33-34H,3-7,12-30H2,1-2H3,(H,48,66)(H,49,57)(H,60,61)(H,62,63)(H,64,65)(H4,45,46,47);2-3H/t33?,34-;/m0./s1. The van der Waals surface area contributed by atoms with E-state index in [2.05, 4.69) is 15.6 Å². The van der Waals surface area contributed by atoms with Crippen LogP contribution < -0.4 is 22.1 Å². The van der Waals surface area contributed by atoms with E-state index in [1.807, 2.05) is 0 Å². The van der Waals surface area contributed by atoms with Crippen LogP contribution in [0.5, 0.6) is 0 Å². The summed E-state index contributed by atoms with van der Waals surface area (Å²) in [5.74, 6) is -5.11. The third kappa shape index (κ3) is 25.0. The molecule has 2 aliphatic heterocycles. The minimum Gasteiger partial charge on any atom is -0.480 e. The fourth-order valence-corrected chi connectivity index (χ4v) is 7.62. The Labute approximate surface area is 407 Å². The summed E-state index contributed by atoms with van der Waals surface area (Å²) in [4.78, 5) is 115. The lowest BCUT2D eigenvalue weighted by atomic mass is 10.1. The van der Waals surface area contributed by atoms with Gasteiger partial charge in [-0.05, 0) is 49.8 Å². The first-order chi connectivity index (χ1) is 33.2. The van der Waals surface area contributed by atoms with Crippen LogP contribution in [-0.4, -0.2) is 258 Å². The van der Waals surface area contributed by atoms with Crippen LogP contribution in [0.4, 0.5) is 4.39 Å². The molecule has 2 saturated heterocycles. The summed E-state index contributed by atoms with van der Waals surface area (Å²) in [6, 6.07) is 5.67. The third-order valence-electron chi connectivity index (χ3n) is 11.4. The molecular formula is C43H71BFN12O13. The van der Waals surface area contributed by atoms with Crippen LogP contribution in [0.2, 0.25) is 0 Å². The number of carboxylic acids is 3. The molecule has 0 saturated carbocycles. The van der Waals surface area contributed by atoms with Crippen molar-refractivity contribution in [1.82, 2.24) is 44.9 Å². The summed E-state index contributed by atoms with van der Waals surface area (Å²) >= 11 is 0. The van der Waals surface area contributed by atoms with Gasteiger partial charge in [-0.1, -0.05) is 12.1 Å². The predicted molar refractivity (Wildman–Crippen MR) is 254 cm³/mol. The van der Waals surface area contributed by atoms with Crippen molar-refractivity contribution in [3.05, 3.63) is 35.4 Å². The molecule has 2 atom stereocenters. The van der Waals surface area contributed by atoms with Crippen molar-refractivity contribution in [2.24, 2.45) is 16.5 Å². The van der Waals surface area contributed by atoms with Crippen LogP contribution in [0.15, 0.2) is 29.3 Å². The molecule has 5 amide bonds. The van der Waals surface area contributed by atoms with Crippen molar-refractivity contribution in [2.45, 2.75) is 57.3 Å². The number of carboxylic acid groups (broad SMARTS) is 3. The molecule has 1 aromatic carbocycles. The van der Waals surface area contributed by atoms with Gasteiger partial charge < -0.3 is 62.2 Å². The van der Waals surface area contributed by atoms with Crippen molar-refractivity contribution >= 4 is 61.1 Å². The van der Waals surface area contributed by atoms with Gasteiger partial charge in [0.1, 0.15) is 12.2 Å². The smallest absolute Gasteiger partial charge is 0.480 e. The average molecular weight is 994 g/mol. The van der Waals surface area contributed by atoms with Crippen LogP contribution >= 0.6 is 0 Å². The van der Waals surface area contributed by atoms with E-state index in [-0.39, 0.29) is 155 Å². The fourth-order valence-electron chi connectivity index (χ4n) is 7.62. The van der Waals surface area contributed by atoms with E-state index in [4.69, 9.17) is 21.5 Å². The van der Waals surface area contributed by atoms with Gasteiger partial charge in [0.05, 0.1) is 39.3 Å². The number of carbonyl (C=O) groups excluding carboxylic acids is 5. The van der Waals surface area contributed by atoms with Crippen molar-refractivity contribution in [3.63, 3.8) is 0 Å². The Kier molecular flexibility index (Phi) is 28.1. The predicted octanol–water partition coefficient (Wildman–Crippen LogP) is -3.91. The molecule has 25 nitrogen and oxygen atoms in total. The molecule has 70 heavy (non-hydrogen) atoms. The number of hydrogen-bond acceptors (Lipinski definition) is 15. The van der Waals surface area contributed by atoms with E-state index in [0.717, 1.165) is 5.56 Å². The molecule has 0 aromatic heterocycles. The summed E-state index contributed by atoms with van der Waals surface area (Å²) in [5.41, 5.74) is 12.1. The maximum atomic E-state index is 13.8. The number of alkyl halides is 1. The SMILES string of the molecule is CN(Cc1ccc(C(=O)NCC(=O)N2CCC(F)C2)cc1)C(=O)CCCCN(C)C(=O)[C@H](CCCN=C(N)N)NC(=O)CN1CCN(CC(=O)O)CCN(CC(=O)O)CCN(CC(=O)O)CC1.O[B]O. The lowest BCUT2D eigenvalue weighted by molar-refractivity contribution is -0.140. The third-order valence-corrected chi connectivity index (χ3v) is 11.4. The minimum absolute atomic E-state index is 0. The number of rotatable bonds is 24. The maximum absolute atomic E-state index is 13.8. The molecule has 1 aromatic rings. The summed E-state index contributed by atoms with van der Waals surface area (Å²) in [5, 5.41) is 47.9. The van der Waals surface area contributed by atoms with Gasteiger partial charge in [0.15, 0.2) is 5.96 Å². The number of aliphatic carboxylic acids is 3. The Bertz CT molecular complexity index is 1850. The Balaban J connectivity index is 0.00000545. The molecule has 11 N–H and O–H groups in total. The van der Waals surface area contributed by atoms with E-state index < -0.39 is 41.9 Å². The van der Waals surface area contributed by atoms with E-state index >= 15 is 0 Å². The molecule has 2 heterocycles. The number of amides is 5. The summed E-state index contributed by atoms with van der Waals surface area (Å²) in [7, 11) is 3.26. The van der Waals surface area contributed by atoms with Crippen LogP contribution in [0, 0.1) is 0 Å². The molecule has 1 radical (unpaired) electrons. The molecule has 0 aliphatic carbocycles. The molecule has 27 heteroatoms. The highest BCUT2D eigenvalue weighted by molar-refractivity contribution is 6.13. The molecule has 1 unspecified atom stereocenters. The lowest BCUT2D eigenvalue weighted by Crippen LogP contribution is -2.52. The second kappa shape index (κ2) is 32.7. The first kappa shape index (κ1) is 60.1. The molecule has 0 spiro atoms. The summed E-state index contributed by atoms with van der Waals surface area (Å²) in [6.45, 7) is 1.54. The number of guanidine groups is 1. The number of nitrogens with one attached hydrogen (secondary N) is 2. The first-order valence-electron chi connectivity index (χ1n) is 23.0. The highest BCUT2D eigenvalue weighted by Crippen LogP contribution is 2.13. The second-order valence-corrected chi connectivity index (χ2v) is 17.0. The van der Waals surface area contributed by atoms with E-state index in [9.17, 15) is 58.1 Å². The highest BCUT2D eigenvalue weighted by Gasteiger charge is 2.28. The zero-order valence-electron chi connectivity index (χ0n) is 40.1. The molecule has 2 aliphatic rings. The van der Waals surface area contributed by atoms with Gasteiger partial charge >= 0.3 is 25.6 Å². The monoisotopic (exact) mass is 994 g/mol. The Morgan fingerprint density at radius 1 is 0.757 bits per heavy atom. The molecule has 2 fully saturated rings. The number of aliphatic imine (C=N–C) groups is 1. The fraction of sp³-hybridized carbons (Fsp3) is 0.651. The van der Waals surface area contributed by atoms with Crippen molar-refractivity contribution in [1.29, 1.82) is 0 Å². The van der Waals surface area contributed by atoms with Crippen LogP contribution in [0.25, 0.3) is 0 Å². The van der Waals surface area contributed by atoms with Crippen molar-refractivity contribution in [2.75, 3.05) is 125 Å². The highest BCUT2D eigenvalue weighted by atomic mass is 19.1. The number of likely N-dealkylation sites (tertiary alicyclic amines) is 1. The number of nitrogens with zero attached hydrogens (tertiary/aromatic N) is 8. The number of unbranched alkanes of at least 4 members (excludes halogenated alkanes) is 1. The molecule has 3 rings (SSSR count). The normalized spacial score (nSPS) is 16.8. The van der Waals surface area contributed by atoms with Gasteiger partial charge in [-0.15, -0.1) is 0 Å². The van der Waals surface area contributed by atoms with Gasteiger partial charge in [0, 0.05) is 105 Å². The van der Waals surface area contributed by atoms with Crippen LogP contribution in [0.3, 0.4) is 0 Å². The summed E-state index contributed by atoms with van der Waals surface area (Å²) in [6.07, 6.45) is 0.959. The zero-order valence-corrected chi connectivity index (χ0v) is 40.1. The van der Waals surface area contributed by atoms with Crippen molar-refractivity contribution in [3.8, 4) is 0 Å². The van der Waals surface area contributed by atoms with Crippen LogP contribution in [0.1, 0.15) is 54.4 Å². The van der Waals surface area contributed by atoms with E-state index in [0.29, 0.717) is 37.8 Å². The molecular weight excluding hydrogens is 922 g/mol. The molecule has 0 bridgehead atoms. The number of nitrogens with two attached hydrogens (primary N) is 2. The van der Waals surface area contributed by atoms with Crippen molar-refractivity contribution < 1.29 is 68.1 Å². The number of halogens is 1.